The van der Waals surface area contributed by atoms with Gasteiger partial charge in [-0.15, -0.1) is 11.8 Å². The Bertz CT molecular complexity index is 493. The van der Waals surface area contributed by atoms with Crippen molar-refractivity contribution in [1.82, 2.24) is 5.32 Å². The summed E-state index contributed by atoms with van der Waals surface area (Å²) in [4.78, 5) is 12.9. The third-order valence-electron chi connectivity index (χ3n) is 3.29. The number of nitriles is 1. The molecular weight excluding hydrogens is 272 g/mol. The van der Waals surface area contributed by atoms with Crippen LogP contribution in [0.2, 0.25) is 0 Å². The Labute approximate surface area is 124 Å². The molecule has 0 aliphatic carbocycles. The van der Waals surface area contributed by atoms with Crippen molar-refractivity contribution >= 4 is 17.7 Å². The van der Waals surface area contributed by atoms with Crippen LogP contribution in [0, 0.1) is 11.3 Å². The van der Waals surface area contributed by atoms with E-state index in [9.17, 15) is 9.90 Å². The summed E-state index contributed by atoms with van der Waals surface area (Å²) in [6.07, 6.45) is 1.20. The highest BCUT2D eigenvalue weighted by atomic mass is 32.2. The van der Waals surface area contributed by atoms with Crippen molar-refractivity contribution in [2.24, 2.45) is 0 Å². The maximum Gasteiger partial charge on any atom is 0.251 e. The first-order chi connectivity index (χ1) is 9.54. The average molecular weight is 292 g/mol. The van der Waals surface area contributed by atoms with Crippen LogP contribution in [0.5, 0.6) is 0 Å². The maximum atomic E-state index is 12.1. The van der Waals surface area contributed by atoms with Gasteiger partial charge in [-0.05, 0) is 31.0 Å². The van der Waals surface area contributed by atoms with Gasteiger partial charge in [0, 0.05) is 17.0 Å². The molecule has 1 aromatic carbocycles. The highest BCUT2D eigenvalue weighted by molar-refractivity contribution is 7.99. The summed E-state index contributed by atoms with van der Waals surface area (Å²) in [5.74, 6) is 0.154. The normalized spacial score (nSPS) is 10.9. The van der Waals surface area contributed by atoms with Gasteiger partial charge in [0.25, 0.3) is 5.91 Å². The fraction of sp³-hybridized carbons (Fsp3) is 0.467. The molecule has 5 heteroatoms. The maximum absolute atomic E-state index is 12.1. The molecule has 2 N–H and O–H groups in total. The molecule has 1 aromatic rings. The van der Waals surface area contributed by atoms with Gasteiger partial charge in [-0.25, -0.2) is 0 Å². The zero-order valence-corrected chi connectivity index (χ0v) is 12.7. The van der Waals surface area contributed by atoms with Crippen molar-refractivity contribution in [3.05, 3.63) is 29.8 Å². The van der Waals surface area contributed by atoms with Crippen LogP contribution in [0.3, 0.4) is 0 Å². The zero-order chi connectivity index (χ0) is 15.0. The molecule has 0 atom stereocenters. The molecule has 0 heterocycles. The second-order valence-electron chi connectivity index (χ2n) is 4.59. The van der Waals surface area contributed by atoms with E-state index in [2.05, 4.69) is 11.4 Å². The van der Waals surface area contributed by atoms with Gasteiger partial charge in [-0.1, -0.05) is 19.9 Å². The van der Waals surface area contributed by atoms with Crippen molar-refractivity contribution in [1.29, 1.82) is 5.26 Å². The summed E-state index contributed by atoms with van der Waals surface area (Å²) < 4.78 is 0. The van der Waals surface area contributed by atoms with E-state index < -0.39 is 5.60 Å². The molecule has 0 saturated carbocycles. The Morgan fingerprint density at radius 1 is 1.45 bits per heavy atom. The number of carbonyl (C=O) groups excluding carboxylic acids is 1. The minimum atomic E-state index is -0.844. The highest BCUT2D eigenvalue weighted by Crippen LogP contribution is 2.19. The summed E-state index contributed by atoms with van der Waals surface area (Å²) in [6.45, 7) is 4.04. The van der Waals surface area contributed by atoms with Gasteiger partial charge >= 0.3 is 0 Å². The minimum Gasteiger partial charge on any atom is -0.388 e. The number of nitrogens with one attached hydrogen (secondary N) is 1. The molecule has 20 heavy (non-hydrogen) atoms. The zero-order valence-electron chi connectivity index (χ0n) is 11.8. The lowest BCUT2D eigenvalue weighted by molar-refractivity contribution is 0.0314. The summed E-state index contributed by atoms with van der Waals surface area (Å²) in [6, 6.07) is 9.20. The molecule has 0 aliphatic rings. The standard InChI is InChI=1S/C15H20N2O2S/c1-3-15(19,4-2)11-17-14(18)12-6-5-7-13(10-12)20-9-8-16/h5-7,10,19H,3-4,9,11H2,1-2H3,(H,17,18). The molecule has 108 valence electrons. The molecule has 0 saturated heterocycles. The lowest BCUT2D eigenvalue weighted by Gasteiger charge is -2.25. The molecule has 0 spiro atoms. The Morgan fingerprint density at radius 2 is 2.15 bits per heavy atom. The summed E-state index contributed by atoms with van der Waals surface area (Å²) in [7, 11) is 0. The number of rotatable bonds is 7. The quantitative estimate of drug-likeness (QED) is 0.758. The van der Waals surface area contributed by atoms with E-state index >= 15 is 0 Å². The smallest absolute Gasteiger partial charge is 0.251 e. The number of aliphatic hydroxyl groups is 1. The van der Waals surface area contributed by atoms with Crippen LogP contribution < -0.4 is 5.32 Å². The molecule has 0 unspecified atom stereocenters. The first kappa shape index (κ1) is 16.5. The van der Waals surface area contributed by atoms with Crippen LogP contribution in [0.4, 0.5) is 0 Å². The van der Waals surface area contributed by atoms with Crippen LogP contribution in [0.15, 0.2) is 29.2 Å². The monoisotopic (exact) mass is 292 g/mol. The van der Waals surface area contributed by atoms with Crippen molar-refractivity contribution in [3.63, 3.8) is 0 Å². The van der Waals surface area contributed by atoms with Crippen LogP contribution in [0.1, 0.15) is 37.0 Å². The van der Waals surface area contributed by atoms with Crippen molar-refractivity contribution < 1.29 is 9.90 Å². The Hall–Kier alpha value is -1.51. The highest BCUT2D eigenvalue weighted by Gasteiger charge is 2.22. The molecule has 0 fully saturated rings. The van der Waals surface area contributed by atoms with E-state index in [-0.39, 0.29) is 12.5 Å². The molecular formula is C15H20N2O2S. The van der Waals surface area contributed by atoms with Crippen LogP contribution in [-0.4, -0.2) is 28.9 Å². The van der Waals surface area contributed by atoms with Gasteiger partial charge in [-0.3, -0.25) is 4.79 Å². The predicted octanol–water partition coefficient (Wildman–Crippen LogP) is 2.58. The fourth-order valence-electron chi connectivity index (χ4n) is 1.69. The van der Waals surface area contributed by atoms with E-state index in [4.69, 9.17) is 5.26 Å². The van der Waals surface area contributed by atoms with E-state index in [1.165, 1.54) is 11.8 Å². The summed E-state index contributed by atoms with van der Waals surface area (Å²) in [5, 5.41) is 21.5. The third kappa shape index (κ3) is 4.87. The molecule has 4 nitrogen and oxygen atoms in total. The van der Waals surface area contributed by atoms with E-state index in [0.29, 0.717) is 24.2 Å². The third-order valence-corrected chi connectivity index (χ3v) is 4.15. The number of hydrogen-bond donors (Lipinski definition) is 2. The Kier molecular flexibility index (Phi) is 6.56. The van der Waals surface area contributed by atoms with Gasteiger partial charge in [0.2, 0.25) is 0 Å². The Morgan fingerprint density at radius 3 is 2.75 bits per heavy atom. The number of thioether (sulfide) groups is 1. The lowest BCUT2D eigenvalue weighted by atomic mass is 9.97. The molecule has 0 radical (unpaired) electrons. The second-order valence-corrected chi connectivity index (χ2v) is 5.64. The topological polar surface area (TPSA) is 73.1 Å². The van der Waals surface area contributed by atoms with Gasteiger partial charge in [0.1, 0.15) is 0 Å². The van der Waals surface area contributed by atoms with Crippen LogP contribution in [-0.2, 0) is 0 Å². The molecule has 1 amide bonds. The fourth-order valence-corrected chi connectivity index (χ4v) is 2.31. The van der Waals surface area contributed by atoms with E-state index in [1.807, 2.05) is 19.9 Å². The predicted molar refractivity (Wildman–Crippen MR) is 80.6 cm³/mol. The van der Waals surface area contributed by atoms with E-state index in [1.54, 1.807) is 18.2 Å². The molecule has 0 bridgehead atoms. The van der Waals surface area contributed by atoms with Crippen molar-refractivity contribution in [2.45, 2.75) is 37.2 Å². The molecule has 0 aromatic heterocycles. The summed E-state index contributed by atoms with van der Waals surface area (Å²) in [5.41, 5.74) is -0.300. The molecule has 1 rings (SSSR count). The van der Waals surface area contributed by atoms with Crippen molar-refractivity contribution in [2.75, 3.05) is 12.3 Å². The first-order valence-corrected chi connectivity index (χ1v) is 7.63. The van der Waals surface area contributed by atoms with Crippen molar-refractivity contribution in [3.8, 4) is 6.07 Å². The SMILES string of the molecule is CCC(O)(CC)CNC(=O)c1cccc(SCC#N)c1. The van der Waals surface area contributed by atoms with Gasteiger partial charge in [0.05, 0.1) is 17.4 Å². The van der Waals surface area contributed by atoms with Gasteiger partial charge in [-0.2, -0.15) is 5.26 Å². The van der Waals surface area contributed by atoms with Crippen LogP contribution in [0.25, 0.3) is 0 Å². The number of hydrogen-bond acceptors (Lipinski definition) is 4. The lowest BCUT2D eigenvalue weighted by Crippen LogP contribution is -2.42. The molecule has 0 aliphatic heterocycles. The van der Waals surface area contributed by atoms with Crippen LogP contribution >= 0.6 is 11.8 Å². The first-order valence-electron chi connectivity index (χ1n) is 6.65. The average Bonchev–Trinajstić information content (AvgIpc) is 2.50. The Balaban J connectivity index is 2.66. The largest absolute Gasteiger partial charge is 0.388 e. The number of benzene rings is 1. The number of nitrogens with zero attached hydrogens (tertiary/aromatic N) is 1. The van der Waals surface area contributed by atoms with E-state index in [0.717, 1.165) is 4.90 Å². The number of amides is 1. The summed E-state index contributed by atoms with van der Waals surface area (Å²) >= 11 is 1.39. The number of carbonyl (C=O) groups is 1. The second kappa shape index (κ2) is 7.93. The van der Waals surface area contributed by atoms with Gasteiger partial charge in [0.15, 0.2) is 0 Å². The minimum absolute atomic E-state index is 0.204. The van der Waals surface area contributed by atoms with Gasteiger partial charge < -0.3 is 10.4 Å².